The van der Waals surface area contributed by atoms with Crippen LogP contribution >= 0.6 is 0 Å². The van der Waals surface area contributed by atoms with E-state index in [9.17, 15) is 9.59 Å². The molecule has 0 aliphatic rings. The smallest absolute Gasteiger partial charge is 0.306 e. The summed E-state index contributed by atoms with van der Waals surface area (Å²) in [6.07, 6.45) is 3.76. The van der Waals surface area contributed by atoms with Gasteiger partial charge in [0.1, 0.15) is 5.60 Å². The van der Waals surface area contributed by atoms with Crippen LogP contribution in [0.5, 0.6) is 0 Å². The standard InChI is InChI=1S/C13H21N3O3/c1-13(2,3)19-12(18)6-5-11(17)14-8-10-16-9-4-7-15-16/h4,7,9H,5-6,8,10H2,1-3H3,(H,14,17). The summed E-state index contributed by atoms with van der Waals surface area (Å²) in [5.74, 6) is -0.507. The maximum atomic E-state index is 11.5. The van der Waals surface area contributed by atoms with Crippen LogP contribution in [0.3, 0.4) is 0 Å². The van der Waals surface area contributed by atoms with Crippen molar-refractivity contribution in [3.63, 3.8) is 0 Å². The molecule has 0 aliphatic carbocycles. The highest BCUT2D eigenvalue weighted by atomic mass is 16.6. The van der Waals surface area contributed by atoms with Gasteiger partial charge in [0.2, 0.25) is 5.91 Å². The van der Waals surface area contributed by atoms with Crippen molar-refractivity contribution >= 4 is 11.9 Å². The van der Waals surface area contributed by atoms with Crippen LogP contribution in [0.25, 0.3) is 0 Å². The summed E-state index contributed by atoms with van der Waals surface area (Å²) >= 11 is 0. The molecule has 0 saturated heterocycles. The summed E-state index contributed by atoms with van der Waals surface area (Å²) in [6.45, 7) is 6.51. The number of nitrogens with one attached hydrogen (secondary N) is 1. The molecule has 0 bridgehead atoms. The lowest BCUT2D eigenvalue weighted by molar-refractivity contribution is -0.155. The number of carbonyl (C=O) groups excluding carboxylic acids is 2. The van der Waals surface area contributed by atoms with Gasteiger partial charge >= 0.3 is 5.97 Å². The fourth-order valence-corrected chi connectivity index (χ4v) is 1.44. The number of amides is 1. The molecule has 0 fully saturated rings. The van der Waals surface area contributed by atoms with E-state index in [0.717, 1.165) is 0 Å². The number of rotatable bonds is 6. The van der Waals surface area contributed by atoms with E-state index in [0.29, 0.717) is 13.1 Å². The summed E-state index contributed by atoms with van der Waals surface area (Å²) in [7, 11) is 0. The van der Waals surface area contributed by atoms with E-state index in [1.165, 1.54) is 0 Å². The first-order valence-corrected chi connectivity index (χ1v) is 6.33. The monoisotopic (exact) mass is 267 g/mol. The third kappa shape index (κ3) is 7.23. The van der Waals surface area contributed by atoms with E-state index < -0.39 is 5.60 Å². The minimum absolute atomic E-state index is 0.102. The number of aromatic nitrogens is 2. The third-order valence-electron chi connectivity index (χ3n) is 2.20. The second-order valence-electron chi connectivity index (χ2n) is 5.21. The fourth-order valence-electron chi connectivity index (χ4n) is 1.44. The van der Waals surface area contributed by atoms with Crippen molar-refractivity contribution in [2.24, 2.45) is 0 Å². The van der Waals surface area contributed by atoms with Crippen molar-refractivity contribution in [3.05, 3.63) is 18.5 Å². The van der Waals surface area contributed by atoms with E-state index >= 15 is 0 Å². The van der Waals surface area contributed by atoms with Gasteiger partial charge in [-0.15, -0.1) is 0 Å². The maximum absolute atomic E-state index is 11.5. The molecular formula is C13H21N3O3. The first kappa shape index (κ1) is 15.2. The number of nitrogens with zero attached hydrogens (tertiary/aromatic N) is 2. The van der Waals surface area contributed by atoms with Gasteiger partial charge in [0.15, 0.2) is 0 Å². The summed E-state index contributed by atoms with van der Waals surface area (Å²) in [5.41, 5.74) is -0.506. The first-order valence-electron chi connectivity index (χ1n) is 6.33. The zero-order valence-corrected chi connectivity index (χ0v) is 11.7. The summed E-state index contributed by atoms with van der Waals surface area (Å²) in [5, 5.41) is 6.75. The quantitative estimate of drug-likeness (QED) is 0.784. The highest BCUT2D eigenvalue weighted by Crippen LogP contribution is 2.08. The normalized spacial score (nSPS) is 11.1. The minimum atomic E-state index is -0.506. The molecule has 0 radical (unpaired) electrons. The van der Waals surface area contributed by atoms with E-state index in [-0.39, 0.29) is 24.7 Å². The highest BCUT2D eigenvalue weighted by molar-refractivity contribution is 5.81. The van der Waals surface area contributed by atoms with Gasteiger partial charge in [0, 0.05) is 25.4 Å². The molecule has 0 saturated carbocycles. The Balaban J connectivity index is 2.12. The van der Waals surface area contributed by atoms with Gasteiger partial charge in [0.05, 0.1) is 13.0 Å². The van der Waals surface area contributed by atoms with Gasteiger partial charge < -0.3 is 10.1 Å². The Hall–Kier alpha value is -1.85. The second kappa shape index (κ2) is 6.92. The zero-order chi connectivity index (χ0) is 14.3. The molecule has 6 nitrogen and oxygen atoms in total. The lowest BCUT2D eigenvalue weighted by Crippen LogP contribution is -2.29. The van der Waals surface area contributed by atoms with E-state index in [1.54, 1.807) is 31.6 Å². The Bertz CT molecular complexity index is 407. The molecule has 106 valence electrons. The third-order valence-corrected chi connectivity index (χ3v) is 2.20. The molecule has 1 aromatic heterocycles. The second-order valence-corrected chi connectivity index (χ2v) is 5.21. The predicted molar refractivity (Wildman–Crippen MR) is 70.3 cm³/mol. The van der Waals surface area contributed by atoms with Crippen LogP contribution in [0.1, 0.15) is 33.6 Å². The van der Waals surface area contributed by atoms with E-state index in [2.05, 4.69) is 10.4 Å². The van der Waals surface area contributed by atoms with Gasteiger partial charge in [-0.1, -0.05) is 0 Å². The van der Waals surface area contributed by atoms with Crippen LogP contribution in [0.2, 0.25) is 0 Å². The molecule has 1 rings (SSSR count). The lowest BCUT2D eigenvalue weighted by atomic mass is 10.2. The number of hydrogen-bond acceptors (Lipinski definition) is 4. The number of carbonyl (C=O) groups is 2. The molecule has 0 spiro atoms. The average molecular weight is 267 g/mol. The van der Waals surface area contributed by atoms with Crippen molar-refractivity contribution in [3.8, 4) is 0 Å². The Morgan fingerprint density at radius 2 is 2.05 bits per heavy atom. The summed E-state index contributed by atoms with van der Waals surface area (Å²) in [6, 6.07) is 1.82. The summed E-state index contributed by atoms with van der Waals surface area (Å²) in [4.78, 5) is 22.9. The molecule has 0 aromatic carbocycles. The molecule has 0 aliphatic heterocycles. The molecule has 0 atom stereocenters. The lowest BCUT2D eigenvalue weighted by Gasteiger charge is -2.19. The molecule has 1 heterocycles. The molecular weight excluding hydrogens is 246 g/mol. The molecule has 19 heavy (non-hydrogen) atoms. The van der Waals surface area contributed by atoms with Crippen molar-refractivity contribution < 1.29 is 14.3 Å². The van der Waals surface area contributed by atoms with Gasteiger partial charge in [0.25, 0.3) is 0 Å². The minimum Gasteiger partial charge on any atom is -0.460 e. The largest absolute Gasteiger partial charge is 0.460 e. The van der Waals surface area contributed by atoms with E-state index in [1.807, 2.05) is 12.3 Å². The van der Waals surface area contributed by atoms with Gasteiger partial charge in [-0.25, -0.2) is 0 Å². The fraction of sp³-hybridized carbons (Fsp3) is 0.615. The predicted octanol–water partition coefficient (Wildman–Crippen LogP) is 1.12. The zero-order valence-electron chi connectivity index (χ0n) is 11.7. The number of esters is 1. The molecule has 1 amide bonds. The van der Waals surface area contributed by atoms with E-state index in [4.69, 9.17) is 4.74 Å². The van der Waals surface area contributed by atoms with Crippen LogP contribution in [0.4, 0.5) is 0 Å². The van der Waals surface area contributed by atoms with Crippen molar-refractivity contribution in [1.29, 1.82) is 0 Å². The topological polar surface area (TPSA) is 73.2 Å². The van der Waals surface area contributed by atoms with Gasteiger partial charge in [-0.3, -0.25) is 14.3 Å². The van der Waals surface area contributed by atoms with Gasteiger partial charge in [-0.05, 0) is 26.8 Å². The van der Waals surface area contributed by atoms with Crippen LogP contribution in [0, 0.1) is 0 Å². The Morgan fingerprint density at radius 1 is 1.32 bits per heavy atom. The Kier molecular flexibility index (Phi) is 5.54. The van der Waals surface area contributed by atoms with Gasteiger partial charge in [-0.2, -0.15) is 5.10 Å². The molecule has 0 unspecified atom stereocenters. The van der Waals surface area contributed by atoms with Crippen molar-refractivity contribution in [2.45, 2.75) is 45.8 Å². The molecule has 6 heteroatoms. The summed E-state index contributed by atoms with van der Waals surface area (Å²) < 4.78 is 6.85. The van der Waals surface area contributed by atoms with Crippen LogP contribution in [0.15, 0.2) is 18.5 Å². The van der Waals surface area contributed by atoms with Crippen molar-refractivity contribution in [1.82, 2.24) is 15.1 Å². The van der Waals surface area contributed by atoms with Crippen LogP contribution in [-0.4, -0.2) is 33.8 Å². The Morgan fingerprint density at radius 3 is 2.63 bits per heavy atom. The average Bonchev–Trinajstić information content (AvgIpc) is 2.77. The SMILES string of the molecule is CC(C)(C)OC(=O)CCC(=O)NCCn1cccn1. The first-order chi connectivity index (χ1) is 8.87. The molecule has 1 N–H and O–H groups in total. The Labute approximate surface area is 113 Å². The van der Waals surface area contributed by atoms with Crippen LogP contribution < -0.4 is 5.32 Å². The number of hydrogen-bond donors (Lipinski definition) is 1. The van der Waals surface area contributed by atoms with Crippen molar-refractivity contribution in [2.75, 3.05) is 6.54 Å². The number of ether oxygens (including phenoxy) is 1. The van der Waals surface area contributed by atoms with Crippen LogP contribution in [-0.2, 0) is 20.9 Å². The molecule has 1 aromatic rings. The highest BCUT2D eigenvalue weighted by Gasteiger charge is 2.16. The maximum Gasteiger partial charge on any atom is 0.306 e.